The minimum atomic E-state index is -0.129. The van der Waals surface area contributed by atoms with E-state index in [2.05, 4.69) is 47.8 Å². The zero-order valence-corrected chi connectivity index (χ0v) is 17.3. The van der Waals surface area contributed by atoms with Crippen LogP contribution in [0.2, 0.25) is 0 Å². The van der Waals surface area contributed by atoms with Crippen LogP contribution in [-0.2, 0) is 21.4 Å². The minimum absolute atomic E-state index is 0.0100. The summed E-state index contributed by atoms with van der Waals surface area (Å²) in [5.41, 5.74) is 0.934. The second kappa shape index (κ2) is 10.6. The van der Waals surface area contributed by atoms with E-state index in [0.717, 1.165) is 35.8 Å². The zero-order valence-electron chi connectivity index (χ0n) is 12.5. The van der Waals surface area contributed by atoms with Gasteiger partial charge in [0, 0.05) is 28.5 Å². The molecule has 0 spiro atoms. The summed E-state index contributed by atoms with van der Waals surface area (Å²) in [4.78, 5) is 23.4. The molecule has 1 aromatic rings. The number of esters is 1. The number of hydrogen-bond donors (Lipinski definition) is 0. The lowest BCUT2D eigenvalue weighted by molar-refractivity contribution is -0.143. The molecular formula is C15H20Br3NO3. The Hall–Kier alpha value is -0.140. The van der Waals surface area contributed by atoms with E-state index in [0.29, 0.717) is 29.4 Å². The average molecular weight is 502 g/mol. The van der Waals surface area contributed by atoms with Crippen LogP contribution in [0.5, 0.6) is 0 Å². The maximum Gasteiger partial charge on any atom is 0.305 e. The molecule has 1 rings (SSSR count). The maximum absolute atomic E-state index is 12.2. The summed E-state index contributed by atoms with van der Waals surface area (Å²) in [7, 11) is 0. The SMILES string of the molecule is CCOC(=O)CCCCCCn1c(CBr)c(Br)cc(Br)c1=O. The molecule has 0 atom stereocenters. The number of aromatic nitrogens is 1. The van der Waals surface area contributed by atoms with Gasteiger partial charge in [-0.2, -0.15) is 0 Å². The van der Waals surface area contributed by atoms with E-state index in [9.17, 15) is 9.59 Å². The van der Waals surface area contributed by atoms with Crippen molar-refractivity contribution in [1.29, 1.82) is 0 Å². The van der Waals surface area contributed by atoms with Crippen LogP contribution in [0.25, 0.3) is 0 Å². The molecule has 4 nitrogen and oxygen atoms in total. The third-order valence-corrected chi connectivity index (χ3v) is 5.03. The third-order valence-electron chi connectivity index (χ3n) is 3.25. The predicted molar refractivity (Wildman–Crippen MR) is 98.5 cm³/mol. The van der Waals surface area contributed by atoms with Gasteiger partial charge in [-0.3, -0.25) is 9.59 Å². The van der Waals surface area contributed by atoms with Crippen LogP contribution < -0.4 is 5.56 Å². The van der Waals surface area contributed by atoms with Crippen LogP contribution in [0.4, 0.5) is 0 Å². The Morgan fingerprint density at radius 1 is 1.18 bits per heavy atom. The van der Waals surface area contributed by atoms with Crippen molar-refractivity contribution in [2.45, 2.75) is 50.9 Å². The Bertz CT molecular complexity index is 558. The Balaban J connectivity index is 2.46. The number of carbonyl (C=O) groups is 1. The van der Waals surface area contributed by atoms with Gasteiger partial charge in [-0.1, -0.05) is 28.8 Å². The lowest BCUT2D eigenvalue weighted by Crippen LogP contribution is -2.24. The lowest BCUT2D eigenvalue weighted by Gasteiger charge is -2.13. The lowest BCUT2D eigenvalue weighted by atomic mass is 10.1. The summed E-state index contributed by atoms with van der Waals surface area (Å²) in [6, 6.07) is 1.79. The highest BCUT2D eigenvalue weighted by Gasteiger charge is 2.11. The molecule has 124 valence electrons. The van der Waals surface area contributed by atoms with E-state index in [1.165, 1.54) is 0 Å². The first-order valence-electron chi connectivity index (χ1n) is 7.30. The highest BCUT2D eigenvalue weighted by Crippen LogP contribution is 2.21. The first-order valence-corrected chi connectivity index (χ1v) is 10.0. The average Bonchev–Trinajstić information content (AvgIpc) is 2.47. The van der Waals surface area contributed by atoms with E-state index in [-0.39, 0.29) is 11.5 Å². The van der Waals surface area contributed by atoms with E-state index in [1.807, 2.05) is 6.92 Å². The Morgan fingerprint density at radius 2 is 1.86 bits per heavy atom. The van der Waals surface area contributed by atoms with Crippen molar-refractivity contribution in [2.24, 2.45) is 0 Å². The molecule has 0 bridgehead atoms. The topological polar surface area (TPSA) is 48.3 Å². The van der Waals surface area contributed by atoms with Crippen LogP contribution >= 0.6 is 47.8 Å². The van der Waals surface area contributed by atoms with Crippen molar-refractivity contribution in [1.82, 2.24) is 4.57 Å². The number of carbonyl (C=O) groups excluding carboxylic acids is 1. The molecule has 0 aliphatic heterocycles. The number of ether oxygens (including phenoxy) is 1. The van der Waals surface area contributed by atoms with Gasteiger partial charge in [0.05, 0.1) is 11.1 Å². The van der Waals surface area contributed by atoms with Gasteiger partial charge in [-0.05, 0) is 57.7 Å². The minimum Gasteiger partial charge on any atom is -0.466 e. The van der Waals surface area contributed by atoms with Gasteiger partial charge in [-0.25, -0.2) is 0 Å². The normalized spacial score (nSPS) is 10.7. The summed E-state index contributed by atoms with van der Waals surface area (Å²) in [6.45, 7) is 2.93. The first kappa shape index (κ1) is 19.9. The highest BCUT2D eigenvalue weighted by molar-refractivity contribution is 9.11. The molecule has 0 aromatic carbocycles. The predicted octanol–water partition coefficient (Wildman–Crippen LogP) is 4.78. The fourth-order valence-corrected chi connectivity index (χ4v) is 4.45. The molecule has 22 heavy (non-hydrogen) atoms. The molecule has 0 fully saturated rings. The number of unbranched alkanes of at least 4 members (excludes halogenated alkanes) is 3. The summed E-state index contributed by atoms with van der Waals surface area (Å²) < 4.78 is 8.15. The van der Waals surface area contributed by atoms with E-state index < -0.39 is 0 Å². The molecule has 7 heteroatoms. The van der Waals surface area contributed by atoms with Crippen LogP contribution in [0.15, 0.2) is 19.8 Å². The van der Waals surface area contributed by atoms with E-state index >= 15 is 0 Å². The van der Waals surface area contributed by atoms with Crippen molar-refractivity contribution in [3.8, 4) is 0 Å². The van der Waals surface area contributed by atoms with Crippen molar-refractivity contribution < 1.29 is 9.53 Å². The number of pyridine rings is 1. The number of rotatable bonds is 9. The summed E-state index contributed by atoms with van der Waals surface area (Å²) in [5, 5.41) is 0.624. The van der Waals surface area contributed by atoms with Gasteiger partial charge in [0.1, 0.15) is 0 Å². The molecule has 0 unspecified atom stereocenters. The monoisotopic (exact) mass is 499 g/mol. The molecule has 0 saturated heterocycles. The molecule has 0 saturated carbocycles. The van der Waals surface area contributed by atoms with Crippen molar-refractivity contribution in [2.75, 3.05) is 6.61 Å². The summed E-state index contributed by atoms with van der Waals surface area (Å²) in [6.07, 6.45) is 4.17. The number of halogens is 3. The molecule has 1 heterocycles. The van der Waals surface area contributed by atoms with Crippen LogP contribution in [0.1, 0.15) is 44.7 Å². The van der Waals surface area contributed by atoms with Crippen LogP contribution in [-0.4, -0.2) is 17.1 Å². The molecular weight excluding hydrogens is 482 g/mol. The Morgan fingerprint density at radius 3 is 2.50 bits per heavy atom. The van der Waals surface area contributed by atoms with Crippen molar-refractivity contribution >= 4 is 53.8 Å². The zero-order chi connectivity index (χ0) is 16.5. The van der Waals surface area contributed by atoms with Gasteiger partial charge < -0.3 is 9.30 Å². The Labute approximate surface area is 156 Å². The second-order valence-electron chi connectivity index (χ2n) is 4.85. The third kappa shape index (κ3) is 6.16. The molecule has 0 amide bonds. The van der Waals surface area contributed by atoms with Crippen molar-refractivity contribution in [3.05, 3.63) is 31.1 Å². The van der Waals surface area contributed by atoms with Gasteiger partial charge in [0.2, 0.25) is 0 Å². The quantitative estimate of drug-likeness (QED) is 0.278. The number of hydrogen-bond acceptors (Lipinski definition) is 3. The van der Waals surface area contributed by atoms with Gasteiger partial charge >= 0.3 is 5.97 Å². The van der Waals surface area contributed by atoms with E-state index in [4.69, 9.17) is 4.74 Å². The maximum atomic E-state index is 12.2. The van der Waals surface area contributed by atoms with Gasteiger partial charge in [0.25, 0.3) is 5.56 Å². The number of alkyl halides is 1. The van der Waals surface area contributed by atoms with Gasteiger partial charge in [-0.15, -0.1) is 0 Å². The first-order chi connectivity index (χ1) is 10.5. The fraction of sp³-hybridized carbons (Fsp3) is 0.600. The van der Waals surface area contributed by atoms with Crippen molar-refractivity contribution in [3.63, 3.8) is 0 Å². The molecule has 0 N–H and O–H groups in total. The second-order valence-corrected chi connectivity index (χ2v) is 7.12. The fourth-order valence-electron chi connectivity index (χ4n) is 2.14. The molecule has 0 radical (unpaired) electrons. The summed E-state index contributed by atoms with van der Waals surface area (Å²) in [5.74, 6) is -0.129. The number of nitrogens with zero attached hydrogens (tertiary/aromatic N) is 1. The Kier molecular flexibility index (Phi) is 9.59. The van der Waals surface area contributed by atoms with Gasteiger partial charge in [0.15, 0.2) is 0 Å². The van der Waals surface area contributed by atoms with Crippen LogP contribution in [0, 0.1) is 0 Å². The molecule has 0 aliphatic rings. The van der Waals surface area contributed by atoms with Crippen LogP contribution in [0.3, 0.4) is 0 Å². The molecule has 0 aliphatic carbocycles. The molecule has 1 aromatic heterocycles. The van der Waals surface area contributed by atoms with E-state index in [1.54, 1.807) is 10.6 Å². The largest absolute Gasteiger partial charge is 0.466 e. The smallest absolute Gasteiger partial charge is 0.305 e. The summed E-state index contributed by atoms with van der Waals surface area (Å²) >= 11 is 10.2. The highest BCUT2D eigenvalue weighted by atomic mass is 79.9. The standard InChI is InChI=1S/C15H20Br3NO3/c1-2-22-14(20)7-5-3-4-6-8-19-13(10-16)11(17)9-12(18)15(19)21/h9H,2-8,10H2,1H3.